The largest absolute Gasteiger partial charge is 0.490 e. The van der Waals surface area contributed by atoms with Crippen molar-refractivity contribution in [3.63, 3.8) is 0 Å². The van der Waals surface area contributed by atoms with Crippen LogP contribution in [0.2, 0.25) is 0 Å². The van der Waals surface area contributed by atoms with Crippen molar-refractivity contribution >= 4 is 17.5 Å². The molecule has 0 bridgehead atoms. The summed E-state index contributed by atoms with van der Waals surface area (Å²) in [6.45, 7) is 1.16. The number of thioether (sulfide) groups is 1. The van der Waals surface area contributed by atoms with E-state index >= 15 is 0 Å². The first-order chi connectivity index (χ1) is 9.66. The second kappa shape index (κ2) is 5.69. The van der Waals surface area contributed by atoms with Gasteiger partial charge in [0.15, 0.2) is 5.78 Å². The Balaban J connectivity index is 1.94. The maximum Gasteiger partial charge on any atom is 0.268 e. The lowest BCUT2D eigenvalue weighted by Crippen LogP contribution is -2.26. The standard InChI is InChI=1S/C14H14F2O3S/c15-14(16)13-10(19-8-3-5-18-6-4-8)1-2-11-12(13)9(17)7-20-11/h1-2,8,14H,3-7H2. The van der Waals surface area contributed by atoms with Crippen LogP contribution in [0.5, 0.6) is 5.75 Å². The molecule has 0 saturated carbocycles. The summed E-state index contributed by atoms with van der Waals surface area (Å²) in [5.41, 5.74) is -0.0986. The number of ether oxygens (including phenoxy) is 2. The number of alkyl halides is 2. The minimum atomic E-state index is -2.71. The van der Waals surface area contributed by atoms with E-state index in [1.54, 1.807) is 12.1 Å². The van der Waals surface area contributed by atoms with Gasteiger partial charge in [-0.3, -0.25) is 4.79 Å². The van der Waals surface area contributed by atoms with Gasteiger partial charge in [0.05, 0.1) is 24.5 Å². The zero-order chi connectivity index (χ0) is 14.1. The van der Waals surface area contributed by atoms with Crippen LogP contribution in [-0.2, 0) is 4.74 Å². The number of hydrogen-bond acceptors (Lipinski definition) is 4. The van der Waals surface area contributed by atoms with Crippen LogP contribution in [-0.4, -0.2) is 30.9 Å². The van der Waals surface area contributed by atoms with Gasteiger partial charge in [0, 0.05) is 23.3 Å². The molecule has 0 atom stereocenters. The number of rotatable bonds is 3. The SMILES string of the molecule is O=C1CSc2ccc(OC3CCOCC3)c(C(F)F)c21. The van der Waals surface area contributed by atoms with Crippen LogP contribution in [0.15, 0.2) is 17.0 Å². The van der Waals surface area contributed by atoms with Gasteiger partial charge in [-0.25, -0.2) is 8.78 Å². The molecule has 108 valence electrons. The van der Waals surface area contributed by atoms with Crippen molar-refractivity contribution in [2.75, 3.05) is 19.0 Å². The third kappa shape index (κ3) is 2.54. The Morgan fingerprint density at radius 2 is 2.05 bits per heavy atom. The van der Waals surface area contributed by atoms with Crippen molar-refractivity contribution in [2.24, 2.45) is 0 Å². The zero-order valence-electron chi connectivity index (χ0n) is 10.7. The van der Waals surface area contributed by atoms with Crippen LogP contribution in [0, 0.1) is 0 Å². The lowest BCUT2D eigenvalue weighted by Gasteiger charge is -2.25. The van der Waals surface area contributed by atoms with E-state index in [-0.39, 0.29) is 34.5 Å². The molecule has 1 saturated heterocycles. The molecule has 3 nitrogen and oxygen atoms in total. The summed E-state index contributed by atoms with van der Waals surface area (Å²) in [6.07, 6.45) is -1.46. The fourth-order valence-electron chi connectivity index (χ4n) is 2.50. The molecule has 2 aliphatic heterocycles. The molecule has 1 fully saturated rings. The average molecular weight is 300 g/mol. The smallest absolute Gasteiger partial charge is 0.268 e. The number of carbonyl (C=O) groups excluding carboxylic acids is 1. The Morgan fingerprint density at radius 1 is 1.30 bits per heavy atom. The molecule has 0 aliphatic carbocycles. The molecule has 0 spiro atoms. The lowest BCUT2D eigenvalue weighted by atomic mass is 10.0. The van der Waals surface area contributed by atoms with Crippen LogP contribution < -0.4 is 4.74 Å². The van der Waals surface area contributed by atoms with Gasteiger partial charge in [0.25, 0.3) is 6.43 Å². The van der Waals surface area contributed by atoms with E-state index in [0.29, 0.717) is 31.0 Å². The van der Waals surface area contributed by atoms with E-state index in [2.05, 4.69) is 0 Å². The molecule has 0 amide bonds. The zero-order valence-corrected chi connectivity index (χ0v) is 11.6. The number of Topliss-reactive ketones (excluding diaryl/α,β-unsaturated/α-hetero) is 1. The molecule has 0 unspecified atom stereocenters. The van der Waals surface area contributed by atoms with Gasteiger partial charge >= 0.3 is 0 Å². The van der Waals surface area contributed by atoms with Gasteiger partial charge < -0.3 is 9.47 Å². The monoisotopic (exact) mass is 300 g/mol. The minimum absolute atomic E-state index is 0.122. The minimum Gasteiger partial charge on any atom is -0.490 e. The molecule has 2 heterocycles. The Kier molecular flexibility index (Phi) is 3.94. The molecule has 0 N–H and O–H groups in total. The predicted molar refractivity (Wildman–Crippen MR) is 70.9 cm³/mol. The van der Waals surface area contributed by atoms with Crippen molar-refractivity contribution in [2.45, 2.75) is 30.3 Å². The van der Waals surface area contributed by atoms with Crippen LogP contribution in [0.1, 0.15) is 35.2 Å². The second-order valence-corrected chi connectivity index (χ2v) is 5.81. The maximum absolute atomic E-state index is 13.3. The highest BCUT2D eigenvalue weighted by molar-refractivity contribution is 8.00. The summed E-state index contributed by atoms with van der Waals surface area (Å²) in [7, 11) is 0. The average Bonchev–Trinajstić information content (AvgIpc) is 2.81. The number of halogens is 2. The van der Waals surface area contributed by atoms with Crippen LogP contribution in [0.3, 0.4) is 0 Å². The number of fused-ring (bicyclic) bond motifs is 1. The molecular formula is C14H14F2O3S. The molecule has 2 aliphatic rings. The maximum atomic E-state index is 13.3. The summed E-state index contributed by atoms with van der Waals surface area (Å²) in [5.74, 6) is 0.134. The fourth-order valence-corrected chi connectivity index (χ4v) is 3.46. The Morgan fingerprint density at radius 3 is 2.75 bits per heavy atom. The van der Waals surface area contributed by atoms with Crippen LogP contribution in [0.4, 0.5) is 8.78 Å². The van der Waals surface area contributed by atoms with Crippen molar-refractivity contribution in [1.82, 2.24) is 0 Å². The number of ketones is 1. The van der Waals surface area contributed by atoms with Crippen molar-refractivity contribution in [1.29, 1.82) is 0 Å². The van der Waals surface area contributed by atoms with E-state index in [0.717, 1.165) is 0 Å². The third-order valence-corrected chi connectivity index (χ3v) is 4.54. The van der Waals surface area contributed by atoms with Gasteiger partial charge in [-0.2, -0.15) is 0 Å². The van der Waals surface area contributed by atoms with E-state index in [1.165, 1.54) is 11.8 Å². The Labute approximate surface area is 119 Å². The van der Waals surface area contributed by atoms with E-state index < -0.39 is 6.43 Å². The van der Waals surface area contributed by atoms with Crippen LogP contribution in [0.25, 0.3) is 0 Å². The van der Waals surface area contributed by atoms with E-state index in [9.17, 15) is 13.6 Å². The summed E-state index contributed by atoms with van der Waals surface area (Å²) in [4.78, 5) is 12.4. The highest BCUT2D eigenvalue weighted by atomic mass is 32.2. The molecule has 0 aromatic heterocycles. The summed E-state index contributed by atoms with van der Waals surface area (Å²) < 4.78 is 37.6. The first-order valence-corrected chi connectivity index (χ1v) is 7.51. The Bertz CT molecular complexity index is 527. The highest BCUT2D eigenvalue weighted by Gasteiger charge is 2.31. The second-order valence-electron chi connectivity index (χ2n) is 4.79. The number of carbonyl (C=O) groups is 1. The lowest BCUT2D eigenvalue weighted by molar-refractivity contribution is 0.0234. The summed E-state index contributed by atoms with van der Waals surface area (Å²) in [5, 5.41) is 0. The molecule has 1 aromatic rings. The van der Waals surface area contributed by atoms with Gasteiger partial charge in [-0.05, 0) is 12.1 Å². The predicted octanol–water partition coefficient (Wildman–Crippen LogP) is 3.47. The topological polar surface area (TPSA) is 35.5 Å². The van der Waals surface area contributed by atoms with Gasteiger partial charge in [-0.1, -0.05) is 0 Å². The van der Waals surface area contributed by atoms with E-state index in [4.69, 9.17) is 9.47 Å². The quantitative estimate of drug-likeness (QED) is 0.856. The van der Waals surface area contributed by atoms with Crippen LogP contribution >= 0.6 is 11.8 Å². The summed E-state index contributed by atoms with van der Waals surface area (Å²) in [6, 6.07) is 3.26. The molecule has 0 radical (unpaired) electrons. The first kappa shape index (κ1) is 13.8. The highest BCUT2D eigenvalue weighted by Crippen LogP contribution is 2.42. The van der Waals surface area contributed by atoms with Crippen molar-refractivity contribution < 1.29 is 23.0 Å². The molecule has 3 rings (SSSR count). The normalized spacial score (nSPS) is 19.4. The fraction of sp³-hybridized carbons (Fsp3) is 0.500. The number of benzene rings is 1. The Hall–Kier alpha value is -1.14. The molecule has 1 aromatic carbocycles. The van der Waals surface area contributed by atoms with E-state index in [1.807, 2.05) is 0 Å². The van der Waals surface area contributed by atoms with Crippen molar-refractivity contribution in [3.05, 3.63) is 23.3 Å². The van der Waals surface area contributed by atoms with Gasteiger partial charge in [0.1, 0.15) is 11.9 Å². The summed E-state index contributed by atoms with van der Waals surface area (Å²) >= 11 is 1.30. The van der Waals surface area contributed by atoms with Gasteiger partial charge in [0.2, 0.25) is 0 Å². The molecular weight excluding hydrogens is 286 g/mol. The van der Waals surface area contributed by atoms with Gasteiger partial charge in [-0.15, -0.1) is 11.8 Å². The third-order valence-electron chi connectivity index (χ3n) is 3.49. The number of hydrogen-bond donors (Lipinski definition) is 0. The molecule has 6 heteroatoms. The van der Waals surface area contributed by atoms with Crippen molar-refractivity contribution in [3.8, 4) is 5.75 Å². The first-order valence-electron chi connectivity index (χ1n) is 6.52. The molecule has 20 heavy (non-hydrogen) atoms.